The minimum atomic E-state index is -0.888. The van der Waals surface area contributed by atoms with E-state index in [1.54, 1.807) is 17.0 Å². The van der Waals surface area contributed by atoms with Crippen molar-refractivity contribution >= 4 is 5.97 Å². The van der Waals surface area contributed by atoms with E-state index in [4.69, 9.17) is 9.52 Å². The van der Waals surface area contributed by atoms with Gasteiger partial charge in [-0.2, -0.15) is 0 Å². The molecule has 0 bridgehead atoms. The van der Waals surface area contributed by atoms with Gasteiger partial charge in [-0.25, -0.2) is 9.37 Å². The Balaban J connectivity index is 2.10. The van der Waals surface area contributed by atoms with Crippen molar-refractivity contribution in [3.8, 4) is 11.5 Å². The lowest BCUT2D eigenvalue weighted by Crippen LogP contribution is -2.29. The molecule has 20 heavy (non-hydrogen) atoms. The Kier molecular flexibility index (Phi) is 4.47. The first-order valence-corrected chi connectivity index (χ1v) is 6.23. The third-order valence-electron chi connectivity index (χ3n) is 2.81. The van der Waals surface area contributed by atoms with Gasteiger partial charge in [-0.3, -0.25) is 9.69 Å². The molecule has 1 aromatic carbocycles. The lowest BCUT2D eigenvalue weighted by Gasteiger charge is -2.15. The van der Waals surface area contributed by atoms with E-state index in [0.717, 1.165) is 0 Å². The standard InChI is InChI=1S/C14H15FN2O3/c1-2-17(8-13(18)19)7-12-9-20-14(16-12)10-4-3-5-11(15)6-10/h3-6,9H,2,7-8H2,1H3,(H,18,19). The van der Waals surface area contributed by atoms with Gasteiger partial charge >= 0.3 is 5.97 Å². The maximum Gasteiger partial charge on any atom is 0.317 e. The topological polar surface area (TPSA) is 66.6 Å². The molecular weight excluding hydrogens is 263 g/mol. The van der Waals surface area contributed by atoms with Crippen molar-refractivity contribution in [2.24, 2.45) is 0 Å². The average Bonchev–Trinajstić information content (AvgIpc) is 2.86. The number of aliphatic carboxylic acids is 1. The summed E-state index contributed by atoms with van der Waals surface area (Å²) in [7, 11) is 0. The van der Waals surface area contributed by atoms with Crippen LogP contribution in [0, 0.1) is 5.82 Å². The van der Waals surface area contributed by atoms with Gasteiger partial charge in [0.25, 0.3) is 0 Å². The number of carboxylic acid groups (broad SMARTS) is 1. The highest BCUT2D eigenvalue weighted by molar-refractivity contribution is 5.69. The van der Waals surface area contributed by atoms with Crippen LogP contribution in [0.5, 0.6) is 0 Å². The van der Waals surface area contributed by atoms with Gasteiger partial charge in [0.05, 0.1) is 12.2 Å². The third-order valence-corrected chi connectivity index (χ3v) is 2.81. The van der Waals surface area contributed by atoms with Gasteiger partial charge in [0.2, 0.25) is 5.89 Å². The Hall–Kier alpha value is -2.21. The zero-order chi connectivity index (χ0) is 14.5. The summed E-state index contributed by atoms with van der Waals surface area (Å²) in [6.45, 7) is 2.78. The fraction of sp³-hybridized carbons (Fsp3) is 0.286. The molecule has 2 rings (SSSR count). The Morgan fingerprint density at radius 3 is 2.95 bits per heavy atom. The van der Waals surface area contributed by atoms with Gasteiger partial charge in [0.1, 0.15) is 12.1 Å². The lowest BCUT2D eigenvalue weighted by atomic mass is 10.2. The second-order valence-corrected chi connectivity index (χ2v) is 4.35. The molecule has 0 aliphatic heterocycles. The minimum absolute atomic E-state index is 0.0569. The van der Waals surface area contributed by atoms with Crippen molar-refractivity contribution in [3.63, 3.8) is 0 Å². The summed E-state index contributed by atoms with van der Waals surface area (Å²) in [6, 6.07) is 5.97. The first-order chi connectivity index (χ1) is 9.58. The zero-order valence-corrected chi connectivity index (χ0v) is 11.0. The first-order valence-electron chi connectivity index (χ1n) is 6.23. The Morgan fingerprint density at radius 1 is 1.50 bits per heavy atom. The molecule has 0 aliphatic carbocycles. The minimum Gasteiger partial charge on any atom is -0.480 e. The van der Waals surface area contributed by atoms with Crippen LogP contribution in [-0.4, -0.2) is 34.0 Å². The van der Waals surface area contributed by atoms with Gasteiger partial charge in [-0.1, -0.05) is 13.0 Å². The van der Waals surface area contributed by atoms with Crippen LogP contribution in [0.4, 0.5) is 4.39 Å². The van der Waals surface area contributed by atoms with Crippen LogP contribution < -0.4 is 0 Å². The van der Waals surface area contributed by atoms with Gasteiger partial charge in [-0.05, 0) is 24.7 Å². The molecule has 2 aromatic rings. The van der Waals surface area contributed by atoms with Crippen molar-refractivity contribution in [1.82, 2.24) is 9.88 Å². The van der Waals surface area contributed by atoms with Gasteiger partial charge < -0.3 is 9.52 Å². The number of carbonyl (C=O) groups is 1. The highest BCUT2D eigenvalue weighted by Gasteiger charge is 2.12. The summed E-state index contributed by atoms with van der Waals surface area (Å²) in [6.07, 6.45) is 1.46. The highest BCUT2D eigenvalue weighted by atomic mass is 19.1. The monoisotopic (exact) mass is 278 g/mol. The van der Waals surface area contributed by atoms with Gasteiger partial charge in [-0.15, -0.1) is 0 Å². The second kappa shape index (κ2) is 6.29. The number of aromatic nitrogens is 1. The Labute approximate surface area is 115 Å². The van der Waals surface area contributed by atoms with E-state index in [1.807, 2.05) is 6.92 Å². The predicted molar refractivity (Wildman–Crippen MR) is 70.5 cm³/mol. The van der Waals surface area contributed by atoms with E-state index >= 15 is 0 Å². The van der Waals surface area contributed by atoms with Crippen molar-refractivity contribution < 1.29 is 18.7 Å². The van der Waals surface area contributed by atoms with Crippen LogP contribution in [0.3, 0.4) is 0 Å². The summed E-state index contributed by atoms with van der Waals surface area (Å²) in [5, 5.41) is 8.78. The molecule has 1 N–H and O–H groups in total. The molecule has 0 saturated carbocycles. The second-order valence-electron chi connectivity index (χ2n) is 4.35. The number of carboxylic acids is 1. The Bertz CT molecular complexity index is 598. The van der Waals surface area contributed by atoms with Crippen molar-refractivity contribution in [2.45, 2.75) is 13.5 Å². The fourth-order valence-corrected chi connectivity index (χ4v) is 1.83. The summed E-state index contributed by atoms with van der Waals surface area (Å²) < 4.78 is 18.4. The van der Waals surface area contributed by atoms with Gasteiger partial charge in [0, 0.05) is 12.1 Å². The van der Waals surface area contributed by atoms with E-state index in [-0.39, 0.29) is 12.4 Å². The zero-order valence-electron chi connectivity index (χ0n) is 11.0. The molecule has 0 aliphatic rings. The molecule has 0 amide bonds. The van der Waals surface area contributed by atoms with Crippen molar-refractivity contribution in [1.29, 1.82) is 0 Å². The largest absolute Gasteiger partial charge is 0.480 e. The molecule has 106 valence electrons. The molecule has 1 aromatic heterocycles. The van der Waals surface area contributed by atoms with E-state index in [1.165, 1.54) is 18.4 Å². The molecule has 5 nitrogen and oxygen atoms in total. The summed E-state index contributed by atoms with van der Waals surface area (Å²) in [4.78, 5) is 16.7. The maximum absolute atomic E-state index is 13.1. The third kappa shape index (κ3) is 3.64. The number of halogens is 1. The predicted octanol–water partition coefficient (Wildman–Crippen LogP) is 2.39. The van der Waals surface area contributed by atoms with Crippen LogP contribution in [0.1, 0.15) is 12.6 Å². The first kappa shape index (κ1) is 14.2. The fourth-order valence-electron chi connectivity index (χ4n) is 1.83. The van der Waals surface area contributed by atoms with E-state index < -0.39 is 5.97 Å². The summed E-state index contributed by atoms with van der Waals surface area (Å²) in [5.41, 5.74) is 1.17. The van der Waals surface area contributed by atoms with Gasteiger partial charge in [0.15, 0.2) is 0 Å². The van der Waals surface area contributed by atoms with Crippen LogP contribution in [0.2, 0.25) is 0 Å². The SMILES string of the molecule is CCN(CC(=O)O)Cc1coc(-c2cccc(F)c2)n1. The van der Waals surface area contributed by atoms with E-state index in [0.29, 0.717) is 30.2 Å². The van der Waals surface area contributed by atoms with Crippen molar-refractivity contribution in [2.75, 3.05) is 13.1 Å². The number of oxazole rings is 1. The van der Waals surface area contributed by atoms with E-state index in [2.05, 4.69) is 4.98 Å². The summed E-state index contributed by atoms with van der Waals surface area (Å²) >= 11 is 0. The molecular formula is C14H15FN2O3. The number of hydrogen-bond donors (Lipinski definition) is 1. The normalized spacial score (nSPS) is 10.9. The maximum atomic E-state index is 13.1. The van der Waals surface area contributed by atoms with Crippen LogP contribution in [-0.2, 0) is 11.3 Å². The number of likely N-dealkylation sites (N-methyl/N-ethyl adjacent to an activating group) is 1. The smallest absolute Gasteiger partial charge is 0.317 e. The highest BCUT2D eigenvalue weighted by Crippen LogP contribution is 2.19. The number of benzene rings is 1. The molecule has 1 heterocycles. The molecule has 6 heteroatoms. The Morgan fingerprint density at radius 2 is 2.30 bits per heavy atom. The number of hydrogen-bond acceptors (Lipinski definition) is 4. The summed E-state index contributed by atoms with van der Waals surface area (Å²) in [5.74, 6) is -0.921. The van der Waals surface area contributed by atoms with Crippen molar-refractivity contribution in [3.05, 3.63) is 42.0 Å². The number of nitrogens with zero attached hydrogens (tertiary/aromatic N) is 2. The molecule has 0 radical (unpaired) electrons. The lowest BCUT2D eigenvalue weighted by molar-refractivity contribution is -0.138. The molecule has 0 saturated heterocycles. The molecule has 0 atom stereocenters. The quantitative estimate of drug-likeness (QED) is 0.878. The average molecular weight is 278 g/mol. The van der Waals surface area contributed by atoms with Crippen LogP contribution >= 0.6 is 0 Å². The molecule has 0 unspecified atom stereocenters. The van der Waals surface area contributed by atoms with Crippen LogP contribution in [0.25, 0.3) is 11.5 Å². The van der Waals surface area contributed by atoms with E-state index in [9.17, 15) is 9.18 Å². The van der Waals surface area contributed by atoms with Crippen LogP contribution in [0.15, 0.2) is 34.9 Å². The molecule has 0 fully saturated rings. The molecule has 0 spiro atoms. The number of rotatable bonds is 6.